The Morgan fingerprint density at radius 1 is 1.29 bits per heavy atom. The van der Waals surface area contributed by atoms with Gasteiger partial charge in [-0.25, -0.2) is 0 Å². The van der Waals surface area contributed by atoms with Gasteiger partial charge in [0, 0.05) is 6.42 Å². The SMILES string of the molecule is C[C@H](CCCC=O)CCCC(C)(C)O. The second kappa shape index (κ2) is 6.99. The van der Waals surface area contributed by atoms with E-state index in [4.69, 9.17) is 0 Å². The average Bonchev–Trinajstić information content (AvgIpc) is 2.02. The first-order valence-electron chi connectivity index (χ1n) is 5.61. The molecule has 0 saturated carbocycles. The minimum Gasteiger partial charge on any atom is -0.390 e. The summed E-state index contributed by atoms with van der Waals surface area (Å²) in [7, 11) is 0. The molecule has 2 nitrogen and oxygen atoms in total. The Morgan fingerprint density at radius 2 is 1.86 bits per heavy atom. The third-order valence-electron chi connectivity index (χ3n) is 2.50. The smallest absolute Gasteiger partial charge is 0.119 e. The van der Waals surface area contributed by atoms with E-state index in [9.17, 15) is 9.90 Å². The first-order valence-corrected chi connectivity index (χ1v) is 5.61. The van der Waals surface area contributed by atoms with Crippen molar-refractivity contribution >= 4 is 6.29 Å². The average molecular weight is 200 g/mol. The molecule has 2 heteroatoms. The fourth-order valence-corrected chi connectivity index (χ4v) is 1.58. The van der Waals surface area contributed by atoms with Crippen LogP contribution in [0.2, 0.25) is 0 Å². The van der Waals surface area contributed by atoms with E-state index in [0.29, 0.717) is 12.3 Å². The summed E-state index contributed by atoms with van der Waals surface area (Å²) in [4.78, 5) is 10.1. The van der Waals surface area contributed by atoms with Gasteiger partial charge in [-0.15, -0.1) is 0 Å². The highest BCUT2D eigenvalue weighted by Crippen LogP contribution is 2.18. The van der Waals surface area contributed by atoms with Crippen LogP contribution in [0.1, 0.15) is 59.3 Å². The molecule has 0 amide bonds. The Hall–Kier alpha value is -0.370. The van der Waals surface area contributed by atoms with Gasteiger partial charge in [0.15, 0.2) is 0 Å². The number of carbonyl (C=O) groups is 1. The van der Waals surface area contributed by atoms with Crippen molar-refractivity contribution in [1.29, 1.82) is 0 Å². The molecule has 0 radical (unpaired) electrons. The lowest BCUT2D eigenvalue weighted by molar-refractivity contribution is -0.107. The molecule has 0 bridgehead atoms. The summed E-state index contributed by atoms with van der Waals surface area (Å²) >= 11 is 0. The molecular weight excluding hydrogens is 176 g/mol. The summed E-state index contributed by atoms with van der Waals surface area (Å²) < 4.78 is 0. The van der Waals surface area contributed by atoms with Gasteiger partial charge in [0.1, 0.15) is 6.29 Å². The fraction of sp³-hybridized carbons (Fsp3) is 0.917. The summed E-state index contributed by atoms with van der Waals surface area (Å²) in [5, 5.41) is 9.50. The van der Waals surface area contributed by atoms with Gasteiger partial charge in [-0.05, 0) is 32.6 Å². The first kappa shape index (κ1) is 13.6. The summed E-state index contributed by atoms with van der Waals surface area (Å²) in [5.74, 6) is 0.678. The highest BCUT2D eigenvalue weighted by Gasteiger charge is 2.12. The minimum absolute atomic E-state index is 0.525. The molecule has 0 aromatic heterocycles. The van der Waals surface area contributed by atoms with Crippen molar-refractivity contribution in [1.82, 2.24) is 0 Å². The zero-order chi connectivity index (χ0) is 11.0. The number of unbranched alkanes of at least 4 members (excludes halogenated alkanes) is 1. The molecule has 0 spiro atoms. The highest BCUT2D eigenvalue weighted by molar-refractivity contribution is 5.48. The van der Waals surface area contributed by atoms with Crippen LogP contribution in [0.5, 0.6) is 0 Å². The molecule has 0 aliphatic rings. The second-order valence-corrected chi connectivity index (χ2v) is 4.91. The highest BCUT2D eigenvalue weighted by atomic mass is 16.3. The molecule has 84 valence electrons. The maximum Gasteiger partial charge on any atom is 0.119 e. The summed E-state index contributed by atoms with van der Waals surface area (Å²) in [6.45, 7) is 5.92. The van der Waals surface area contributed by atoms with Gasteiger partial charge in [-0.1, -0.05) is 26.2 Å². The monoisotopic (exact) mass is 200 g/mol. The Labute approximate surface area is 87.7 Å². The van der Waals surface area contributed by atoms with Crippen molar-refractivity contribution in [2.75, 3.05) is 0 Å². The predicted molar refractivity (Wildman–Crippen MR) is 59.2 cm³/mol. The lowest BCUT2D eigenvalue weighted by Crippen LogP contribution is -2.18. The molecule has 1 atom stereocenters. The van der Waals surface area contributed by atoms with Gasteiger partial charge >= 0.3 is 0 Å². The number of rotatable bonds is 8. The van der Waals surface area contributed by atoms with E-state index in [1.807, 2.05) is 13.8 Å². The Morgan fingerprint density at radius 3 is 2.36 bits per heavy atom. The van der Waals surface area contributed by atoms with Crippen molar-refractivity contribution in [3.05, 3.63) is 0 Å². The number of hydrogen-bond acceptors (Lipinski definition) is 2. The normalized spacial score (nSPS) is 14.0. The zero-order valence-corrected chi connectivity index (χ0v) is 9.75. The molecule has 0 fully saturated rings. The van der Waals surface area contributed by atoms with Crippen LogP contribution in [0.3, 0.4) is 0 Å². The van der Waals surface area contributed by atoms with Gasteiger partial charge in [-0.2, -0.15) is 0 Å². The number of aldehydes is 1. The van der Waals surface area contributed by atoms with Crippen molar-refractivity contribution in [2.24, 2.45) is 5.92 Å². The Bertz CT molecular complexity index is 147. The first-order chi connectivity index (χ1) is 6.45. The van der Waals surface area contributed by atoms with Gasteiger partial charge in [0.2, 0.25) is 0 Å². The van der Waals surface area contributed by atoms with Crippen LogP contribution in [0.25, 0.3) is 0 Å². The van der Waals surface area contributed by atoms with Crippen LogP contribution in [0.4, 0.5) is 0 Å². The van der Waals surface area contributed by atoms with Crippen LogP contribution < -0.4 is 0 Å². The van der Waals surface area contributed by atoms with E-state index in [1.165, 1.54) is 0 Å². The molecule has 14 heavy (non-hydrogen) atoms. The summed E-state index contributed by atoms with van der Waals surface area (Å²) in [6, 6.07) is 0. The lowest BCUT2D eigenvalue weighted by atomic mass is 9.94. The maximum absolute atomic E-state index is 10.1. The molecule has 0 unspecified atom stereocenters. The molecule has 0 aliphatic carbocycles. The van der Waals surface area contributed by atoms with E-state index in [2.05, 4.69) is 6.92 Å². The molecule has 0 aromatic rings. The van der Waals surface area contributed by atoms with Gasteiger partial charge in [-0.3, -0.25) is 0 Å². The van der Waals surface area contributed by atoms with E-state index < -0.39 is 5.60 Å². The van der Waals surface area contributed by atoms with Gasteiger partial charge in [0.05, 0.1) is 5.60 Å². The number of aliphatic hydroxyl groups is 1. The van der Waals surface area contributed by atoms with E-state index in [-0.39, 0.29) is 0 Å². The topological polar surface area (TPSA) is 37.3 Å². The van der Waals surface area contributed by atoms with E-state index in [1.54, 1.807) is 0 Å². The second-order valence-electron chi connectivity index (χ2n) is 4.91. The van der Waals surface area contributed by atoms with Gasteiger partial charge < -0.3 is 9.90 Å². The number of hydrogen-bond donors (Lipinski definition) is 1. The van der Waals surface area contributed by atoms with E-state index >= 15 is 0 Å². The molecule has 0 aliphatic heterocycles. The largest absolute Gasteiger partial charge is 0.390 e. The van der Waals surface area contributed by atoms with Crippen molar-refractivity contribution in [3.63, 3.8) is 0 Å². The van der Waals surface area contributed by atoms with E-state index in [0.717, 1.165) is 38.4 Å². The summed E-state index contributed by atoms with van der Waals surface area (Å²) in [5.41, 5.74) is -0.525. The van der Waals surface area contributed by atoms with Gasteiger partial charge in [0.25, 0.3) is 0 Å². The lowest BCUT2D eigenvalue weighted by Gasteiger charge is -2.18. The summed E-state index contributed by atoms with van der Waals surface area (Å²) in [6.07, 6.45) is 6.91. The van der Waals surface area contributed by atoms with Crippen LogP contribution in [0, 0.1) is 5.92 Å². The van der Waals surface area contributed by atoms with Crippen LogP contribution >= 0.6 is 0 Å². The zero-order valence-electron chi connectivity index (χ0n) is 9.75. The fourth-order valence-electron chi connectivity index (χ4n) is 1.58. The molecule has 0 aromatic carbocycles. The quantitative estimate of drug-likeness (QED) is 0.483. The van der Waals surface area contributed by atoms with Crippen LogP contribution in [0.15, 0.2) is 0 Å². The third kappa shape index (κ3) is 9.72. The molecule has 0 saturated heterocycles. The van der Waals surface area contributed by atoms with Crippen molar-refractivity contribution in [3.8, 4) is 0 Å². The Kier molecular flexibility index (Phi) is 6.81. The van der Waals surface area contributed by atoms with Crippen LogP contribution in [-0.4, -0.2) is 17.0 Å². The van der Waals surface area contributed by atoms with Crippen molar-refractivity contribution in [2.45, 2.75) is 64.9 Å². The standard InChI is InChI=1S/C12H24O2/c1-11(7-4-5-10-13)8-6-9-12(2,3)14/h10-11,14H,4-9H2,1-3H3/t11-/m1/s1. The molecule has 1 N–H and O–H groups in total. The number of carbonyl (C=O) groups excluding carboxylic acids is 1. The molecule has 0 heterocycles. The maximum atomic E-state index is 10.1. The molecular formula is C12H24O2. The third-order valence-corrected chi connectivity index (χ3v) is 2.50. The predicted octanol–water partition coefficient (Wildman–Crippen LogP) is 2.93. The Balaban J connectivity index is 3.35. The molecule has 0 rings (SSSR count). The van der Waals surface area contributed by atoms with Crippen molar-refractivity contribution < 1.29 is 9.90 Å². The van der Waals surface area contributed by atoms with Crippen LogP contribution in [-0.2, 0) is 4.79 Å². The minimum atomic E-state index is -0.525.